The van der Waals surface area contributed by atoms with Crippen LogP contribution in [0.1, 0.15) is 37.5 Å². The molecule has 0 saturated carbocycles. The van der Waals surface area contributed by atoms with Gasteiger partial charge < -0.3 is 9.47 Å². The quantitative estimate of drug-likeness (QED) is 0.612. The fourth-order valence-corrected chi connectivity index (χ4v) is 3.65. The van der Waals surface area contributed by atoms with Crippen molar-refractivity contribution in [1.82, 2.24) is 10.9 Å². The lowest BCUT2D eigenvalue weighted by Gasteiger charge is -2.41. The molecule has 5 nitrogen and oxygen atoms in total. The lowest BCUT2D eigenvalue weighted by Crippen LogP contribution is -2.55. The summed E-state index contributed by atoms with van der Waals surface area (Å²) in [5.41, 5.74) is 7.38. The number of fused-ring (bicyclic) bond motifs is 2. The SMILES string of the molecule is CC(C)(C)OC(=O)NNC1(c2ccccc2)c2ccccc2Oc2ccccc21. The van der Waals surface area contributed by atoms with Gasteiger partial charge in [-0.3, -0.25) is 5.43 Å². The van der Waals surface area contributed by atoms with E-state index >= 15 is 0 Å². The minimum atomic E-state index is -0.844. The molecule has 0 unspecified atom stereocenters. The first-order valence-electron chi connectivity index (χ1n) is 9.59. The summed E-state index contributed by atoms with van der Waals surface area (Å²) in [6, 6.07) is 25.6. The lowest BCUT2D eigenvalue weighted by atomic mass is 9.75. The molecule has 1 aliphatic rings. The van der Waals surface area contributed by atoms with Crippen LogP contribution in [0.2, 0.25) is 0 Å². The van der Waals surface area contributed by atoms with Gasteiger partial charge >= 0.3 is 6.09 Å². The molecule has 0 bridgehead atoms. The monoisotopic (exact) mass is 388 g/mol. The molecule has 1 aliphatic heterocycles. The Morgan fingerprint density at radius 3 is 1.90 bits per heavy atom. The van der Waals surface area contributed by atoms with Gasteiger partial charge in [0.05, 0.1) is 0 Å². The normalized spacial score (nSPS) is 14.2. The van der Waals surface area contributed by atoms with E-state index in [2.05, 4.69) is 10.9 Å². The van der Waals surface area contributed by atoms with Crippen molar-refractivity contribution in [3.8, 4) is 11.5 Å². The second-order valence-electron chi connectivity index (χ2n) is 7.96. The van der Waals surface area contributed by atoms with Crippen molar-refractivity contribution in [2.45, 2.75) is 31.9 Å². The Kier molecular flexibility index (Phi) is 4.76. The molecule has 0 saturated heterocycles. The summed E-state index contributed by atoms with van der Waals surface area (Å²) in [7, 11) is 0. The van der Waals surface area contributed by atoms with Crippen molar-refractivity contribution in [3.63, 3.8) is 0 Å². The molecular formula is C24H24N2O3. The van der Waals surface area contributed by atoms with E-state index in [4.69, 9.17) is 9.47 Å². The Morgan fingerprint density at radius 1 is 0.828 bits per heavy atom. The lowest BCUT2D eigenvalue weighted by molar-refractivity contribution is 0.0478. The van der Waals surface area contributed by atoms with Gasteiger partial charge in [-0.2, -0.15) is 0 Å². The van der Waals surface area contributed by atoms with Gasteiger partial charge in [0.15, 0.2) is 0 Å². The average Bonchev–Trinajstić information content (AvgIpc) is 2.70. The van der Waals surface area contributed by atoms with Gasteiger partial charge in [-0.1, -0.05) is 66.7 Å². The summed E-state index contributed by atoms with van der Waals surface area (Å²) < 4.78 is 11.6. The molecule has 0 atom stereocenters. The van der Waals surface area contributed by atoms with Gasteiger partial charge in [0.1, 0.15) is 22.6 Å². The van der Waals surface area contributed by atoms with E-state index in [1.165, 1.54) is 0 Å². The number of nitrogens with one attached hydrogen (secondary N) is 2. The third-order valence-electron chi connectivity index (χ3n) is 4.76. The second-order valence-corrected chi connectivity index (χ2v) is 7.96. The van der Waals surface area contributed by atoms with Gasteiger partial charge in [0, 0.05) is 11.1 Å². The second kappa shape index (κ2) is 7.26. The molecule has 1 heterocycles. The third kappa shape index (κ3) is 3.57. The van der Waals surface area contributed by atoms with E-state index in [1.807, 2.05) is 99.6 Å². The molecular weight excluding hydrogens is 364 g/mol. The maximum Gasteiger partial charge on any atom is 0.422 e. The van der Waals surface area contributed by atoms with Crippen LogP contribution >= 0.6 is 0 Å². The standard InChI is InChI=1S/C24H24N2O3/c1-23(2,3)29-22(27)25-26-24(17-11-5-4-6-12-17)18-13-7-9-15-20(18)28-21-16-10-8-14-19(21)24/h4-16,26H,1-3H3,(H,25,27). The van der Waals surface area contributed by atoms with Crippen LogP contribution < -0.4 is 15.6 Å². The van der Waals surface area contributed by atoms with Crippen LogP contribution in [-0.2, 0) is 10.3 Å². The number of para-hydroxylation sites is 2. The topological polar surface area (TPSA) is 59.6 Å². The zero-order valence-corrected chi connectivity index (χ0v) is 16.7. The average molecular weight is 388 g/mol. The molecule has 0 spiro atoms. The van der Waals surface area contributed by atoms with Crippen LogP contribution in [0.5, 0.6) is 11.5 Å². The van der Waals surface area contributed by atoms with Crippen molar-refractivity contribution in [3.05, 3.63) is 95.6 Å². The fourth-order valence-electron chi connectivity index (χ4n) is 3.65. The number of carbonyl (C=O) groups is 1. The zero-order chi connectivity index (χ0) is 20.5. The molecule has 29 heavy (non-hydrogen) atoms. The third-order valence-corrected chi connectivity index (χ3v) is 4.76. The summed E-state index contributed by atoms with van der Waals surface area (Å²) in [6.07, 6.45) is -0.547. The molecule has 2 N–H and O–H groups in total. The van der Waals surface area contributed by atoms with E-state index in [0.717, 1.165) is 28.2 Å². The number of amides is 1. The highest BCUT2D eigenvalue weighted by Crippen LogP contribution is 2.49. The Balaban J connectivity index is 1.87. The zero-order valence-electron chi connectivity index (χ0n) is 16.7. The smallest absolute Gasteiger partial charge is 0.422 e. The minimum absolute atomic E-state index is 0.547. The summed E-state index contributed by atoms with van der Waals surface area (Å²) >= 11 is 0. The van der Waals surface area contributed by atoms with E-state index in [9.17, 15) is 4.79 Å². The Labute approximate surface area is 170 Å². The van der Waals surface area contributed by atoms with Crippen molar-refractivity contribution >= 4 is 6.09 Å². The first-order valence-corrected chi connectivity index (χ1v) is 9.59. The number of hydrogen-bond acceptors (Lipinski definition) is 4. The maximum absolute atomic E-state index is 12.5. The van der Waals surface area contributed by atoms with Crippen molar-refractivity contribution in [2.24, 2.45) is 0 Å². The van der Waals surface area contributed by atoms with Crippen molar-refractivity contribution in [1.29, 1.82) is 0 Å². The van der Waals surface area contributed by atoms with Gasteiger partial charge in [0.2, 0.25) is 0 Å². The van der Waals surface area contributed by atoms with Crippen LogP contribution in [0, 0.1) is 0 Å². The van der Waals surface area contributed by atoms with E-state index in [1.54, 1.807) is 0 Å². The van der Waals surface area contributed by atoms with Crippen molar-refractivity contribution in [2.75, 3.05) is 0 Å². The number of carbonyl (C=O) groups excluding carboxylic acids is 1. The molecule has 1 amide bonds. The summed E-state index contributed by atoms with van der Waals surface area (Å²) in [4.78, 5) is 12.5. The minimum Gasteiger partial charge on any atom is -0.457 e. The first-order chi connectivity index (χ1) is 13.9. The Hall–Kier alpha value is -3.31. The largest absolute Gasteiger partial charge is 0.457 e. The molecule has 3 aromatic rings. The molecule has 0 aliphatic carbocycles. The first kappa shape index (κ1) is 19.0. The highest BCUT2D eigenvalue weighted by molar-refractivity contribution is 5.69. The Morgan fingerprint density at radius 2 is 1.34 bits per heavy atom. The molecule has 0 fully saturated rings. The highest BCUT2D eigenvalue weighted by atomic mass is 16.6. The molecule has 3 aromatic carbocycles. The summed E-state index contributed by atoms with van der Waals surface area (Å²) in [6.45, 7) is 5.50. The summed E-state index contributed by atoms with van der Waals surface area (Å²) in [5.74, 6) is 1.46. The molecule has 148 valence electrons. The van der Waals surface area contributed by atoms with Crippen LogP contribution in [-0.4, -0.2) is 11.7 Å². The van der Waals surface area contributed by atoms with Crippen LogP contribution in [0.15, 0.2) is 78.9 Å². The maximum atomic E-state index is 12.5. The number of ether oxygens (including phenoxy) is 2. The number of rotatable bonds is 3. The fraction of sp³-hybridized carbons (Fsp3) is 0.208. The van der Waals surface area contributed by atoms with Crippen LogP contribution in [0.4, 0.5) is 4.79 Å². The van der Waals surface area contributed by atoms with E-state index in [-0.39, 0.29) is 0 Å². The van der Waals surface area contributed by atoms with Crippen LogP contribution in [0.25, 0.3) is 0 Å². The molecule has 0 radical (unpaired) electrons. The van der Waals surface area contributed by atoms with Gasteiger partial charge in [0.25, 0.3) is 0 Å². The molecule has 0 aromatic heterocycles. The summed E-state index contributed by atoms with van der Waals surface area (Å²) in [5, 5.41) is 0. The molecule has 5 heteroatoms. The Bertz CT molecular complexity index is 980. The van der Waals surface area contributed by atoms with Crippen LogP contribution in [0.3, 0.4) is 0 Å². The number of hydrazine groups is 1. The molecule has 4 rings (SSSR count). The predicted molar refractivity (Wildman–Crippen MR) is 112 cm³/mol. The predicted octanol–water partition coefficient (Wildman–Crippen LogP) is 5.11. The number of benzene rings is 3. The van der Waals surface area contributed by atoms with E-state index < -0.39 is 17.2 Å². The highest BCUT2D eigenvalue weighted by Gasteiger charge is 2.44. The van der Waals surface area contributed by atoms with Gasteiger partial charge in [-0.25, -0.2) is 10.2 Å². The number of hydrogen-bond donors (Lipinski definition) is 2. The van der Waals surface area contributed by atoms with Gasteiger partial charge in [-0.05, 0) is 38.5 Å². The van der Waals surface area contributed by atoms with E-state index in [0.29, 0.717) is 0 Å². The van der Waals surface area contributed by atoms with Gasteiger partial charge in [-0.15, -0.1) is 0 Å². The van der Waals surface area contributed by atoms with Crippen molar-refractivity contribution < 1.29 is 14.3 Å².